The third-order valence-electron chi connectivity index (χ3n) is 2.34. The maximum absolute atomic E-state index is 11.2. The van der Waals surface area contributed by atoms with Crippen LogP contribution in [0.25, 0.3) is 10.4 Å². The first-order valence-electron chi connectivity index (χ1n) is 6.04. The molecule has 0 unspecified atom stereocenters. The number of carbonyl (C=O) groups is 1. The number of carbonyl (C=O) groups excluding carboxylic acids is 1. The Kier molecular flexibility index (Phi) is 6.26. The molecular formula is C13H17N3O3. The van der Waals surface area contributed by atoms with Crippen LogP contribution in [0.4, 0.5) is 0 Å². The number of esters is 1. The molecule has 0 amide bonds. The minimum Gasteiger partial charge on any atom is -0.491 e. The minimum atomic E-state index is -0.530. The van der Waals surface area contributed by atoms with E-state index in [1.54, 1.807) is 6.92 Å². The Hall–Kier alpha value is -2.20. The largest absolute Gasteiger partial charge is 0.491 e. The summed E-state index contributed by atoms with van der Waals surface area (Å²) < 4.78 is 10.8. The predicted octanol–water partition coefficient (Wildman–Crippen LogP) is 3.09. The third kappa shape index (κ3) is 6.33. The van der Waals surface area contributed by atoms with E-state index in [-0.39, 0.29) is 18.8 Å². The second-order valence-corrected chi connectivity index (χ2v) is 4.17. The lowest BCUT2D eigenvalue weighted by Gasteiger charge is -2.19. The highest BCUT2D eigenvalue weighted by atomic mass is 16.5. The molecule has 0 saturated carbocycles. The molecule has 6 nitrogen and oxygen atoms in total. The summed E-state index contributed by atoms with van der Waals surface area (Å²) in [7, 11) is 0. The Labute approximate surface area is 112 Å². The second-order valence-electron chi connectivity index (χ2n) is 4.17. The molecule has 1 aromatic rings. The van der Waals surface area contributed by atoms with Crippen molar-refractivity contribution in [2.75, 3.05) is 6.54 Å². The zero-order valence-corrected chi connectivity index (χ0v) is 11.0. The summed E-state index contributed by atoms with van der Waals surface area (Å²) in [4.78, 5) is 13.7. The first-order chi connectivity index (χ1) is 9.11. The van der Waals surface area contributed by atoms with Gasteiger partial charge in [-0.1, -0.05) is 23.3 Å². The molecule has 0 fully saturated rings. The van der Waals surface area contributed by atoms with Gasteiger partial charge in [0, 0.05) is 11.3 Å². The molecule has 0 heterocycles. The summed E-state index contributed by atoms with van der Waals surface area (Å²) in [6.45, 7) is 3.40. The molecule has 6 heteroatoms. The lowest BCUT2D eigenvalue weighted by molar-refractivity contribution is -0.147. The fraction of sp³-hybridized carbons (Fsp3) is 0.462. The van der Waals surface area contributed by atoms with Crippen molar-refractivity contribution in [3.63, 3.8) is 0 Å². The molecule has 0 N–H and O–H groups in total. The highest BCUT2D eigenvalue weighted by Crippen LogP contribution is 2.14. The zero-order chi connectivity index (χ0) is 14.1. The molecule has 0 aliphatic rings. The van der Waals surface area contributed by atoms with Crippen LogP contribution in [0.1, 0.15) is 20.3 Å². The highest BCUT2D eigenvalue weighted by molar-refractivity contribution is 5.71. The predicted molar refractivity (Wildman–Crippen MR) is 70.7 cm³/mol. The number of nitrogens with zero attached hydrogens (tertiary/aromatic N) is 3. The van der Waals surface area contributed by atoms with Crippen LogP contribution >= 0.6 is 0 Å². The summed E-state index contributed by atoms with van der Waals surface area (Å²) in [5.74, 6) is 0.250. The van der Waals surface area contributed by atoms with Crippen LogP contribution in [0.2, 0.25) is 0 Å². The molecule has 0 aromatic heterocycles. The van der Waals surface area contributed by atoms with E-state index in [1.165, 1.54) is 0 Å². The molecule has 0 radical (unpaired) electrons. The molecule has 19 heavy (non-hydrogen) atoms. The Morgan fingerprint density at radius 3 is 2.63 bits per heavy atom. The van der Waals surface area contributed by atoms with Crippen LogP contribution < -0.4 is 4.74 Å². The smallest absolute Gasteiger partial charge is 0.311 e. The topological polar surface area (TPSA) is 84.3 Å². The van der Waals surface area contributed by atoms with Gasteiger partial charge in [-0.3, -0.25) is 4.79 Å². The van der Waals surface area contributed by atoms with E-state index >= 15 is 0 Å². The minimum absolute atomic E-state index is 0.0790. The van der Waals surface area contributed by atoms with Crippen molar-refractivity contribution >= 4 is 5.97 Å². The average molecular weight is 263 g/mol. The Morgan fingerprint density at radius 1 is 1.32 bits per heavy atom. The fourth-order valence-electron chi connectivity index (χ4n) is 1.65. The van der Waals surface area contributed by atoms with E-state index in [0.717, 1.165) is 5.75 Å². The number of ether oxygens (including phenoxy) is 2. The van der Waals surface area contributed by atoms with Gasteiger partial charge in [-0.05, 0) is 31.5 Å². The van der Waals surface area contributed by atoms with Crippen LogP contribution in [-0.4, -0.2) is 24.7 Å². The van der Waals surface area contributed by atoms with E-state index in [1.807, 2.05) is 37.3 Å². The lowest BCUT2D eigenvalue weighted by Crippen LogP contribution is -2.24. The van der Waals surface area contributed by atoms with Gasteiger partial charge in [-0.25, -0.2) is 0 Å². The summed E-state index contributed by atoms with van der Waals surface area (Å²) in [5.41, 5.74) is 8.09. The summed E-state index contributed by atoms with van der Waals surface area (Å²) in [6.07, 6.45) is 0.196. The molecule has 102 valence electrons. The number of benzene rings is 1. The van der Waals surface area contributed by atoms with Crippen molar-refractivity contribution in [3.8, 4) is 5.75 Å². The van der Waals surface area contributed by atoms with Gasteiger partial charge in [0.2, 0.25) is 0 Å². The van der Waals surface area contributed by atoms with Gasteiger partial charge in [0.05, 0.1) is 6.10 Å². The van der Waals surface area contributed by atoms with Gasteiger partial charge < -0.3 is 9.47 Å². The number of hydrogen-bond donors (Lipinski definition) is 0. The zero-order valence-electron chi connectivity index (χ0n) is 11.0. The van der Waals surface area contributed by atoms with Crippen molar-refractivity contribution in [1.29, 1.82) is 0 Å². The Morgan fingerprint density at radius 2 is 2.00 bits per heavy atom. The monoisotopic (exact) mass is 263 g/mol. The maximum atomic E-state index is 11.2. The van der Waals surface area contributed by atoms with Crippen LogP contribution in [0.15, 0.2) is 35.4 Å². The molecule has 0 spiro atoms. The molecule has 1 rings (SSSR count). The molecular weight excluding hydrogens is 246 g/mol. The first kappa shape index (κ1) is 14.9. The molecule has 1 aromatic carbocycles. The van der Waals surface area contributed by atoms with Gasteiger partial charge in [-0.2, -0.15) is 0 Å². The molecule has 0 aliphatic heterocycles. The van der Waals surface area contributed by atoms with Crippen molar-refractivity contribution < 1.29 is 14.3 Å². The number of para-hydroxylation sites is 1. The van der Waals surface area contributed by atoms with Crippen LogP contribution in [0, 0.1) is 0 Å². The van der Waals surface area contributed by atoms with Crippen LogP contribution in [0.3, 0.4) is 0 Å². The number of rotatable bonds is 7. The Balaban J connectivity index is 2.33. The van der Waals surface area contributed by atoms with Gasteiger partial charge >= 0.3 is 5.97 Å². The van der Waals surface area contributed by atoms with Gasteiger partial charge in [-0.15, -0.1) is 0 Å². The van der Waals surface area contributed by atoms with Gasteiger partial charge in [0.15, 0.2) is 0 Å². The highest BCUT2D eigenvalue weighted by Gasteiger charge is 2.13. The number of hydrogen-bond acceptors (Lipinski definition) is 4. The normalized spacial score (nSPS) is 12.9. The molecule has 2 atom stereocenters. The van der Waals surface area contributed by atoms with Gasteiger partial charge in [0.1, 0.15) is 18.4 Å². The summed E-state index contributed by atoms with van der Waals surface area (Å²) in [6, 6.07) is 9.44. The SMILES string of the molecule is C[C@H](C[C@H](C)Oc1ccccc1)OC(=O)CN=[N+]=[N-]. The van der Waals surface area contributed by atoms with Crippen molar-refractivity contribution in [1.82, 2.24) is 0 Å². The third-order valence-corrected chi connectivity index (χ3v) is 2.34. The molecule has 0 aliphatic carbocycles. The summed E-state index contributed by atoms with van der Waals surface area (Å²) >= 11 is 0. The van der Waals surface area contributed by atoms with E-state index < -0.39 is 5.97 Å². The molecule has 0 bridgehead atoms. The Bertz CT molecular complexity index is 444. The lowest BCUT2D eigenvalue weighted by atomic mass is 10.2. The number of azide groups is 1. The first-order valence-corrected chi connectivity index (χ1v) is 6.04. The van der Waals surface area contributed by atoms with Crippen LogP contribution in [-0.2, 0) is 9.53 Å². The van der Waals surface area contributed by atoms with E-state index in [0.29, 0.717) is 6.42 Å². The van der Waals surface area contributed by atoms with Crippen molar-refractivity contribution in [2.45, 2.75) is 32.5 Å². The quantitative estimate of drug-likeness (QED) is 0.328. The van der Waals surface area contributed by atoms with Crippen LogP contribution in [0.5, 0.6) is 5.75 Å². The van der Waals surface area contributed by atoms with Gasteiger partial charge in [0.25, 0.3) is 0 Å². The standard InChI is InChI=1S/C13H17N3O3/c1-10(18-12-6-4-3-5-7-12)8-11(2)19-13(17)9-15-16-14/h3-7,10-11H,8-9H2,1-2H3/t10-,11+/m0/s1. The van der Waals surface area contributed by atoms with E-state index in [9.17, 15) is 4.79 Å². The summed E-state index contributed by atoms with van der Waals surface area (Å²) in [5, 5.41) is 3.15. The fourth-order valence-corrected chi connectivity index (χ4v) is 1.65. The second kappa shape index (κ2) is 8.00. The van der Waals surface area contributed by atoms with Crippen molar-refractivity contribution in [3.05, 3.63) is 40.8 Å². The van der Waals surface area contributed by atoms with E-state index in [2.05, 4.69) is 10.0 Å². The average Bonchev–Trinajstić information content (AvgIpc) is 2.37. The van der Waals surface area contributed by atoms with E-state index in [4.69, 9.17) is 15.0 Å². The van der Waals surface area contributed by atoms with Crippen molar-refractivity contribution in [2.24, 2.45) is 5.11 Å². The molecule has 0 saturated heterocycles. The maximum Gasteiger partial charge on any atom is 0.311 e.